The van der Waals surface area contributed by atoms with Crippen molar-refractivity contribution in [1.82, 2.24) is 0 Å². The summed E-state index contributed by atoms with van der Waals surface area (Å²) in [5.74, 6) is -3.91. The molecule has 0 aliphatic carbocycles. The molecular formula is C14H15NO4. The molecule has 0 aromatic heterocycles. The number of benzene rings is 1. The molecule has 5 nitrogen and oxygen atoms in total. The minimum absolute atomic E-state index is 0.340. The van der Waals surface area contributed by atoms with E-state index in [1.165, 1.54) is 6.92 Å². The highest BCUT2D eigenvalue weighted by molar-refractivity contribution is 6.27. The molecule has 0 unspecified atom stereocenters. The van der Waals surface area contributed by atoms with E-state index in [2.05, 4.69) is 0 Å². The van der Waals surface area contributed by atoms with Crippen LogP contribution in [0, 0.1) is 5.92 Å². The van der Waals surface area contributed by atoms with Gasteiger partial charge in [-0.05, 0) is 26.0 Å². The van der Waals surface area contributed by atoms with Gasteiger partial charge in [0.15, 0.2) is 5.92 Å². The second kappa shape index (κ2) is 6.04. The van der Waals surface area contributed by atoms with E-state index >= 15 is 0 Å². The van der Waals surface area contributed by atoms with Crippen LogP contribution in [0.1, 0.15) is 20.8 Å². The Morgan fingerprint density at radius 3 is 1.74 bits per heavy atom. The molecule has 0 radical (unpaired) electrons. The predicted molar refractivity (Wildman–Crippen MR) is 69.5 cm³/mol. The molecule has 0 aliphatic rings. The summed E-state index contributed by atoms with van der Waals surface area (Å²) in [5.41, 5.74) is 0.340. The standard InChI is InChI=1S/C14H15NO4/c1-9(16)13(10(2)17)14(19)15(11(3)18)12-7-5-4-6-8-12/h4-8,13H,1-3H3. The molecule has 1 aromatic carbocycles. The van der Waals surface area contributed by atoms with Crippen LogP contribution in [-0.4, -0.2) is 23.4 Å². The summed E-state index contributed by atoms with van der Waals surface area (Å²) in [6, 6.07) is 8.19. The molecule has 0 fully saturated rings. The zero-order chi connectivity index (χ0) is 14.6. The van der Waals surface area contributed by atoms with Crippen LogP contribution < -0.4 is 4.90 Å². The monoisotopic (exact) mass is 261 g/mol. The summed E-state index contributed by atoms with van der Waals surface area (Å²) in [6.07, 6.45) is 0. The van der Waals surface area contributed by atoms with Gasteiger partial charge in [-0.3, -0.25) is 19.2 Å². The fourth-order valence-corrected chi connectivity index (χ4v) is 1.80. The Morgan fingerprint density at radius 2 is 1.37 bits per heavy atom. The lowest BCUT2D eigenvalue weighted by molar-refractivity contribution is -0.138. The van der Waals surface area contributed by atoms with Crippen LogP contribution in [-0.2, 0) is 19.2 Å². The third kappa shape index (κ3) is 3.34. The van der Waals surface area contributed by atoms with E-state index < -0.39 is 29.3 Å². The summed E-state index contributed by atoms with van der Waals surface area (Å²) in [5, 5.41) is 0. The van der Waals surface area contributed by atoms with Crippen molar-refractivity contribution < 1.29 is 19.2 Å². The van der Waals surface area contributed by atoms with Gasteiger partial charge < -0.3 is 0 Å². The van der Waals surface area contributed by atoms with Crippen molar-refractivity contribution in [3.8, 4) is 0 Å². The number of hydrogen-bond donors (Lipinski definition) is 0. The first kappa shape index (κ1) is 14.8. The lowest BCUT2D eigenvalue weighted by atomic mass is 9.98. The second-order valence-corrected chi connectivity index (χ2v) is 4.18. The molecular weight excluding hydrogens is 246 g/mol. The minimum atomic E-state index is -1.43. The first-order chi connectivity index (χ1) is 8.86. The molecule has 1 rings (SSSR count). The number of carbonyl (C=O) groups excluding carboxylic acids is 4. The predicted octanol–water partition coefficient (Wildman–Crippen LogP) is 1.36. The molecule has 0 saturated carbocycles. The van der Waals surface area contributed by atoms with Crippen molar-refractivity contribution in [3.05, 3.63) is 30.3 Å². The van der Waals surface area contributed by atoms with Crippen LogP contribution in [0.5, 0.6) is 0 Å². The Morgan fingerprint density at radius 1 is 0.895 bits per heavy atom. The van der Waals surface area contributed by atoms with Gasteiger partial charge in [-0.1, -0.05) is 18.2 Å². The normalized spacial score (nSPS) is 10.1. The molecule has 0 atom stereocenters. The van der Waals surface area contributed by atoms with Crippen molar-refractivity contribution in [2.24, 2.45) is 5.92 Å². The van der Waals surface area contributed by atoms with E-state index in [0.29, 0.717) is 5.69 Å². The van der Waals surface area contributed by atoms with E-state index in [1.807, 2.05) is 0 Å². The molecule has 5 heteroatoms. The molecule has 0 heterocycles. The number of ketones is 2. The quantitative estimate of drug-likeness (QED) is 0.767. The van der Waals surface area contributed by atoms with Crippen LogP contribution in [0.3, 0.4) is 0 Å². The van der Waals surface area contributed by atoms with E-state index in [9.17, 15) is 19.2 Å². The maximum Gasteiger partial charge on any atom is 0.251 e. The van der Waals surface area contributed by atoms with Crippen molar-refractivity contribution >= 4 is 29.1 Å². The van der Waals surface area contributed by atoms with Gasteiger partial charge in [0.25, 0.3) is 5.91 Å². The Balaban J connectivity index is 3.21. The summed E-state index contributed by atoms with van der Waals surface area (Å²) < 4.78 is 0. The first-order valence-electron chi connectivity index (χ1n) is 5.76. The van der Waals surface area contributed by atoms with Crippen LogP contribution in [0.15, 0.2) is 30.3 Å². The molecule has 1 aromatic rings. The van der Waals surface area contributed by atoms with Gasteiger partial charge in [-0.25, -0.2) is 4.90 Å². The van der Waals surface area contributed by atoms with Crippen LogP contribution in [0.25, 0.3) is 0 Å². The number of hydrogen-bond acceptors (Lipinski definition) is 4. The zero-order valence-electron chi connectivity index (χ0n) is 11.0. The number of imide groups is 1. The maximum atomic E-state index is 12.2. The number of anilines is 1. The van der Waals surface area contributed by atoms with Crippen LogP contribution >= 0.6 is 0 Å². The topological polar surface area (TPSA) is 71.5 Å². The lowest BCUT2D eigenvalue weighted by Gasteiger charge is -2.22. The average Bonchev–Trinajstić information content (AvgIpc) is 2.28. The van der Waals surface area contributed by atoms with Crippen molar-refractivity contribution in [1.29, 1.82) is 0 Å². The van der Waals surface area contributed by atoms with Gasteiger partial charge in [0, 0.05) is 6.92 Å². The fraction of sp³-hybridized carbons (Fsp3) is 0.286. The van der Waals surface area contributed by atoms with Gasteiger partial charge in [-0.2, -0.15) is 0 Å². The Bertz CT molecular complexity index is 508. The van der Waals surface area contributed by atoms with Gasteiger partial charge in [0.1, 0.15) is 11.6 Å². The smallest absolute Gasteiger partial charge is 0.251 e. The Kier molecular flexibility index (Phi) is 4.69. The second-order valence-electron chi connectivity index (χ2n) is 4.18. The molecule has 0 saturated heterocycles. The van der Waals surface area contributed by atoms with Gasteiger partial charge in [0.05, 0.1) is 5.69 Å². The van der Waals surface area contributed by atoms with Gasteiger partial charge in [-0.15, -0.1) is 0 Å². The van der Waals surface area contributed by atoms with E-state index in [4.69, 9.17) is 0 Å². The number of nitrogens with zero attached hydrogens (tertiary/aromatic N) is 1. The van der Waals surface area contributed by atoms with Gasteiger partial charge >= 0.3 is 0 Å². The summed E-state index contributed by atoms with van der Waals surface area (Å²) in [7, 11) is 0. The Hall–Kier alpha value is -2.30. The maximum absolute atomic E-state index is 12.2. The lowest BCUT2D eigenvalue weighted by Crippen LogP contribution is -2.44. The summed E-state index contributed by atoms with van der Waals surface area (Å²) in [4.78, 5) is 47.5. The van der Waals surface area contributed by atoms with E-state index in [-0.39, 0.29) is 0 Å². The van der Waals surface area contributed by atoms with Gasteiger partial charge in [0.2, 0.25) is 5.91 Å². The van der Waals surface area contributed by atoms with E-state index in [1.54, 1.807) is 30.3 Å². The summed E-state index contributed by atoms with van der Waals surface area (Å²) >= 11 is 0. The third-order valence-corrected chi connectivity index (χ3v) is 2.61. The first-order valence-corrected chi connectivity index (χ1v) is 5.76. The largest absolute Gasteiger partial charge is 0.299 e. The van der Waals surface area contributed by atoms with Crippen molar-refractivity contribution in [2.75, 3.05) is 4.90 Å². The average molecular weight is 261 g/mol. The van der Waals surface area contributed by atoms with Crippen LogP contribution in [0.4, 0.5) is 5.69 Å². The molecule has 0 aliphatic heterocycles. The van der Waals surface area contributed by atoms with Crippen LogP contribution in [0.2, 0.25) is 0 Å². The highest BCUT2D eigenvalue weighted by Gasteiger charge is 2.34. The number of Topliss-reactive ketones (excluding diaryl/α,β-unsaturated/α-hetero) is 2. The molecule has 19 heavy (non-hydrogen) atoms. The highest BCUT2D eigenvalue weighted by atomic mass is 16.2. The molecule has 0 spiro atoms. The fourth-order valence-electron chi connectivity index (χ4n) is 1.80. The highest BCUT2D eigenvalue weighted by Crippen LogP contribution is 2.17. The summed E-state index contributed by atoms with van der Waals surface area (Å²) in [6.45, 7) is 3.53. The van der Waals surface area contributed by atoms with Crippen molar-refractivity contribution in [2.45, 2.75) is 20.8 Å². The molecule has 100 valence electrons. The number of rotatable bonds is 4. The van der Waals surface area contributed by atoms with Crippen molar-refractivity contribution in [3.63, 3.8) is 0 Å². The number of carbonyl (C=O) groups is 4. The SMILES string of the molecule is CC(=O)C(C(C)=O)C(=O)N(C(C)=O)c1ccccc1. The zero-order valence-corrected chi connectivity index (χ0v) is 11.0. The van der Waals surface area contributed by atoms with E-state index in [0.717, 1.165) is 18.7 Å². The molecule has 0 N–H and O–H groups in total. The molecule has 2 amide bonds. The number of amides is 2. The minimum Gasteiger partial charge on any atom is -0.299 e. The number of para-hydroxylation sites is 1. The Labute approximate surface area is 111 Å². The third-order valence-electron chi connectivity index (χ3n) is 2.61. The molecule has 0 bridgehead atoms.